The number of ether oxygens (including phenoxy) is 2. The van der Waals surface area contributed by atoms with Gasteiger partial charge in [-0.2, -0.15) is 20.5 Å². The maximum atomic E-state index is 13.0. The van der Waals surface area contributed by atoms with Gasteiger partial charge in [-0.3, -0.25) is 24.5 Å². The van der Waals surface area contributed by atoms with Gasteiger partial charge in [0, 0.05) is 41.2 Å². The molecule has 2 heterocycles. The standard InChI is InChI=1S/C28H24ClN5O5.C16H15ClN2O3/c29-14-15-39-20-10-8-19(9-11-20)33-32-18-6-4-17(5-7-18)26(36)30-23-3-1-2-21-22(23)16-34(28(21)38)24-12-13-25(35)31-27(24)37;17-10-1-11-22-15-8-6-14(7-9-15)19-18-13-4-2-12(3-5-13)16(20)21/h1-11,24H,12-16H2,(H,30,36)(H,31,35,37);2-9H,1,10-11H2,(H,20,21). The first kappa shape index (κ1) is 43.6. The molecule has 2 aliphatic heterocycles. The van der Waals surface area contributed by atoms with E-state index in [9.17, 15) is 24.0 Å². The quantitative estimate of drug-likeness (QED) is 0.0400. The number of aromatic carboxylic acids is 1. The van der Waals surface area contributed by atoms with E-state index in [0.717, 1.165) is 12.2 Å². The zero-order valence-electron chi connectivity index (χ0n) is 32.5. The molecule has 1 atom stereocenters. The van der Waals surface area contributed by atoms with Crippen molar-refractivity contribution in [3.8, 4) is 11.5 Å². The number of halogens is 2. The Hall–Kier alpha value is -6.97. The highest BCUT2D eigenvalue weighted by molar-refractivity contribution is 6.18. The molecule has 0 aliphatic carbocycles. The molecule has 5 aromatic rings. The molecule has 312 valence electrons. The van der Waals surface area contributed by atoms with Crippen molar-refractivity contribution in [1.29, 1.82) is 0 Å². The fraction of sp³-hybridized carbons (Fsp3) is 0.205. The molecule has 0 radical (unpaired) electrons. The van der Waals surface area contributed by atoms with Gasteiger partial charge in [0.1, 0.15) is 24.1 Å². The second kappa shape index (κ2) is 21.3. The number of azo groups is 2. The van der Waals surface area contributed by atoms with Gasteiger partial charge < -0.3 is 24.8 Å². The number of amides is 4. The summed E-state index contributed by atoms with van der Waals surface area (Å²) in [6.07, 6.45) is 1.24. The van der Waals surface area contributed by atoms with Crippen molar-refractivity contribution in [3.63, 3.8) is 0 Å². The molecule has 0 bridgehead atoms. The van der Waals surface area contributed by atoms with Gasteiger partial charge in [-0.15, -0.1) is 23.2 Å². The summed E-state index contributed by atoms with van der Waals surface area (Å²) in [4.78, 5) is 62.0. The van der Waals surface area contributed by atoms with Crippen molar-refractivity contribution < 1.29 is 38.6 Å². The van der Waals surface area contributed by atoms with Crippen LogP contribution < -0.4 is 20.1 Å². The molecular weight excluding hydrogens is 825 g/mol. The topological polar surface area (TPSA) is 201 Å². The molecule has 3 N–H and O–H groups in total. The van der Waals surface area contributed by atoms with Crippen LogP contribution in [0.1, 0.15) is 55.9 Å². The summed E-state index contributed by atoms with van der Waals surface area (Å²) in [6.45, 7) is 1.17. The van der Waals surface area contributed by atoms with Crippen LogP contribution in [0.25, 0.3) is 0 Å². The van der Waals surface area contributed by atoms with E-state index in [1.807, 2.05) is 12.1 Å². The third-order valence-electron chi connectivity index (χ3n) is 9.20. The van der Waals surface area contributed by atoms with E-state index >= 15 is 0 Å². The number of piperidine rings is 1. The molecule has 15 nitrogen and oxygen atoms in total. The number of rotatable bonds is 15. The number of nitrogens with zero attached hydrogens (tertiary/aromatic N) is 5. The number of carbonyl (C=O) groups excluding carboxylic acids is 4. The number of carboxylic acid groups (broad SMARTS) is 1. The molecule has 1 fully saturated rings. The molecule has 1 saturated heterocycles. The average molecular weight is 865 g/mol. The van der Waals surface area contributed by atoms with Gasteiger partial charge in [0.15, 0.2) is 0 Å². The number of anilines is 1. The molecule has 0 saturated carbocycles. The van der Waals surface area contributed by atoms with Crippen LogP contribution in [0.2, 0.25) is 0 Å². The maximum Gasteiger partial charge on any atom is 0.335 e. The summed E-state index contributed by atoms with van der Waals surface area (Å²) >= 11 is 11.2. The zero-order chi connectivity index (χ0) is 43.1. The van der Waals surface area contributed by atoms with Crippen molar-refractivity contribution in [1.82, 2.24) is 10.2 Å². The number of carboxylic acids is 1. The first-order chi connectivity index (χ1) is 29.6. The van der Waals surface area contributed by atoms with Crippen LogP contribution in [0.4, 0.5) is 28.4 Å². The Kier molecular flexibility index (Phi) is 15.3. The zero-order valence-corrected chi connectivity index (χ0v) is 34.0. The molecule has 2 aliphatic rings. The molecule has 17 heteroatoms. The van der Waals surface area contributed by atoms with Crippen molar-refractivity contribution in [3.05, 3.63) is 138 Å². The first-order valence-electron chi connectivity index (χ1n) is 19.0. The van der Waals surface area contributed by atoms with E-state index < -0.39 is 17.9 Å². The number of hydrogen-bond donors (Lipinski definition) is 3. The van der Waals surface area contributed by atoms with Crippen molar-refractivity contribution in [2.75, 3.05) is 30.3 Å². The minimum atomic E-state index is -0.965. The van der Waals surface area contributed by atoms with Crippen LogP contribution in [0.5, 0.6) is 11.5 Å². The Morgan fingerprint density at radius 1 is 0.705 bits per heavy atom. The van der Waals surface area contributed by atoms with E-state index in [-0.39, 0.29) is 42.7 Å². The van der Waals surface area contributed by atoms with E-state index in [4.69, 9.17) is 37.8 Å². The Bertz CT molecular complexity index is 2410. The number of benzene rings is 5. The number of fused-ring (bicyclic) bond motifs is 1. The lowest BCUT2D eigenvalue weighted by Gasteiger charge is -2.29. The maximum absolute atomic E-state index is 13.0. The first-order valence-corrected chi connectivity index (χ1v) is 20.1. The van der Waals surface area contributed by atoms with Gasteiger partial charge in [-0.25, -0.2) is 4.79 Å². The second-order valence-electron chi connectivity index (χ2n) is 13.4. The minimum absolute atomic E-state index is 0.163. The van der Waals surface area contributed by atoms with Crippen LogP contribution in [0.15, 0.2) is 136 Å². The van der Waals surface area contributed by atoms with Gasteiger partial charge in [0.25, 0.3) is 11.8 Å². The smallest absolute Gasteiger partial charge is 0.335 e. The molecule has 7 rings (SSSR count). The fourth-order valence-corrected chi connectivity index (χ4v) is 6.28. The Labute approximate surface area is 360 Å². The van der Waals surface area contributed by atoms with Crippen LogP contribution in [0.3, 0.4) is 0 Å². The van der Waals surface area contributed by atoms with Gasteiger partial charge in [0.05, 0.1) is 40.8 Å². The van der Waals surface area contributed by atoms with Crippen molar-refractivity contribution in [2.24, 2.45) is 20.5 Å². The highest BCUT2D eigenvalue weighted by Crippen LogP contribution is 2.33. The highest BCUT2D eigenvalue weighted by atomic mass is 35.5. The summed E-state index contributed by atoms with van der Waals surface area (Å²) in [7, 11) is 0. The number of alkyl halides is 2. The monoisotopic (exact) mass is 863 g/mol. The van der Waals surface area contributed by atoms with E-state index in [1.54, 1.807) is 91.0 Å². The third kappa shape index (κ3) is 12.1. The lowest BCUT2D eigenvalue weighted by atomic mass is 10.0. The number of imide groups is 1. The molecule has 1 unspecified atom stereocenters. The summed E-state index contributed by atoms with van der Waals surface area (Å²) in [5.74, 6) is -0.00927. The summed E-state index contributed by atoms with van der Waals surface area (Å²) in [6, 6.07) is 31.5. The average Bonchev–Trinajstić information content (AvgIpc) is 3.61. The van der Waals surface area contributed by atoms with Gasteiger partial charge in [0.2, 0.25) is 11.8 Å². The number of carbonyl (C=O) groups is 5. The summed E-state index contributed by atoms with van der Waals surface area (Å²) < 4.78 is 10.9. The Morgan fingerprint density at radius 2 is 1.23 bits per heavy atom. The van der Waals surface area contributed by atoms with Gasteiger partial charge >= 0.3 is 5.97 Å². The summed E-state index contributed by atoms with van der Waals surface area (Å²) in [5, 5.41) is 30.5. The molecule has 61 heavy (non-hydrogen) atoms. The molecule has 4 amide bonds. The largest absolute Gasteiger partial charge is 0.494 e. The van der Waals surface area contributed by atoms with E-state index in [1.165, 1.54) is 17.0 Å². The van der Waals surface area contributed by atoms with E-state index in [2.05, 4.69) is 31.1 Å². The third-order valence-corrected chi connectivity index (χ3v) is 9.62. The van der Waals surface area contributed by atoms with Crippen molar-refractivity contribution >= 4 is 81.2 Å². The minimum Gasteiger partial charge on any atom is -0.494 e. The number of hydrogen-bond acceptors (Lipinski definition) is 11. The lowest BCUT2D eigenvalue weighted by Crippen LogP contribution is -2.52. The van der Waals surface area contributed by atoms with E-state index in [0.29, 0.717) is 75.9 Å². The van der Waals surface area contributed by atoms with Crippen LogP contribution in [-0.2, 0) is 16.1 Å². The second-order valence-corrected chi connectivity index (χ2v) is 14.2. The Balaban J connectivity index is 0.000000240. The Morgan fingerprint density at radius 3 is 1.74 bits per heavy atom. The van der Waals surface area contributed by atoms with Crippen LogP contribution in [0, 0.1) is 0 Å². The molecule has 0 spiro atoms. The lowest BCUT2D eigenvalue weighted by molar-refractivity contribution is -0.136. The molecule has 5 aromatic carbocycles. The molecular formula is C44H39Cl2N7O8. The predicted octanol–water partition coefficient (Wildman–Crippen LogP) is 9.54. The van der Waals surface area contributed by atoms with Crippen LogP contribution >= 0.6 is 23.2 Å². The molecule has 0 aromatic heterocycles. The fourth-order valence-electron chi connectivity index (χ4n) is 6.10. The summed E-state index contributed by atoms with van der Waals surface area (Å²) in [5.41, 5.74) is 4.66. The van der Waals surface area contributed by atoms with Gasteiger partial charge in [-0.1, -0.05) is 6.07 Å². The predicted molar refractivity (Wildman–Crippen MR) is 229 cm³/mol. The van der Waals surface area contributed by atoms with Gasteiger partial charge in [-0.05, 0) is 122 Å². The SMILES string of the molecule is O=C(O)c1ccc(N=Nc2ccc(OCCCCl)cc2)cc1.O=C1CCC(N2Cc3c(NC(=O)c4ccc(N=Nc5ccc(OCCCl)cc5)cc4)cccc3C2=O)C(=O)N1. The highest BCUT2D eigenvalue weighted by Gasteiger charge is 2.40. The van der Waals surface area contributed by atoms with Crippen LogP contribution in [-0.4, -0.2) is 70.6 Å². The normalized spacial score (nSPS) is 14.6. The number of nitrogens with one attached hydrogen (secondary N) is 2. The van der Waals surface area contributed by atoms with Crippen molar-refractivity contribution in [2.45, 2.75) is 31.8 Å².